The summed E-state index contributed by atoms with van der Waals surface area (Å²) in [5.74, 6) is -1.68. The molecule has 1 saturated heterocycles. The highest BCUT2D eigenvalue weighted by Gasteiger charge is 2.45. The van der Waals surface area contributed by atoms with E-state index in [1.807, 2.05) is 6.92 Å². The first-order valence-corrected chi connectivity index (χ1v) is 13.4. The lowest BCUT2D eigenvalue weighted by Gasteiger charge is -2.32. The molecular formula is C21H28Cl2N6O6S. The first-order chi connectivity index (χ1) is 17.0. The van der Waals surface area contributed by atoms with Crippen LogP contribution in [0.15, 0.2) is 29.3 Å². The van der Waals surface area contributed by atoms with Gasteiger partial charge in [0.2, 0.25) is 21.6 Å². The summed E-state index contributed by atoms with van der Waals surface area (Å²) in [6.07, 6.45) is 3.28. The normalized spacial score (nSPS) is 17.5. The summed E-state index contributed by atoms with van der Waals surface area (Å²) in [4.78, 5) is 37.0. The van der Waals surface area contributed by atoms with Gasteiger partial charge in [0.15, 0.2) is 5.95 Å². The molecular weight excluding hydrogens is 535 g/mol. The number of hydrogen-bond donors (Lipinski definition) is 6. The molecule has 1 aliphatic heterocycles. The standard InChI is InChI=1S/C21H28Cl2N6O6S/c1-13-12-25-20(26-13)24-10-4-2-3-9-21(19(31)32,27-18(30)16-8-11-35-28-16)29-36(33,34)17-14(22)6-5-7-15(17)23/h5-7,12,16,28-29H,2-4,8-11H2,1H3,(H,27,30)(H,31,32)(H2,24,25,26). The molecule has 0 spiro atoms. The second kappa shape index (κ2) is 12.2. The van der Waals surface area contributed by atoms with Crippen molar-refractivity contribution in [2.24, 2.45) is 0 Å². The number of carbonyl (C=O) groups is 2. The molecule has 1 aliphatic rings. The second-order valence-electron chi connectivity index (χ2n) is 8.29. The largest absolute Gasteiger partial charge is 0.478 e. The number of carboxylic acid groups (broad SMARTS) is 1. The van der Waals surface area contributed by atoms with Crippen LogP contribution < -0.4 is 20.8 Å². The molecule has 198 valence electrons. The number of unbranched alkanes of at least 4 members (excludes halogenated alkanes) is 2. The number of H-pyrrole nitrogens is 1. The Kier molecular flexibility index (Phi) is 9.55. The molecule has 36 heavy (non-hydrogen) atoms. The first kappa shape index (κ1) is 28.2. The molecule has 2 atom stereocenters. The van der Waals surface area contributed by atoms with E-state index in [4.69, 9.17) is 28.0 Å². The molecule has 0 saturated carbocycles. The maximum Gasteiger partial charge on any atom is 0.345 e. The van der Waals surface area contributed by atoms with E-state index in [-0.39, 0.29) is 29.5 Å². The lowest BCUT2D eigenvalue weighted by molar-refractivity contribution is -0.149. The van der Waals surface area contributed by atoms with E-state index in [0.29, 0.717) is 31.8 Å². The van der Waals surface area contributed by atoms with E-state index in [2.05, 4.69) is 30.8 Å². The summed E-state index contributed by atoms with van der Waals surface area (Å²) >= 11 is 12.1. The van der Waals surface area contributed by atoms with Crippen molar-refractivity contribution >= 4 is 51.0 Å². The molecule has 1 aromatic heterocycles. The lowest BCUT2D eigenvalue weighted by Crippen LogP contribution is -2.67. The van der Waals surface area contributed by atoms with Gasteiger partial charge >= 0.3 is 5.97 Å². The summed E-state index contributed by atoms with van der Waals surface area (Å²) in [5.41, 5.74) is 0.978. The lowest BCUT2D eigenvalue weighted by atomic mass is 10.0. The third kappa shape index (κ3) is 7.08. The Bertz CT molecular complexity index is 1170. The van der Waals surface area contributed by atoms with Crippen LogP contribution in [0.1, 0.15) is 37.8 Å². The number of nitrogens with zero attached hydrogens (tertiary/aromatic N) is 1. The number of aryl methyl sites for hydroxylation is 1. The number of halogens is 2. The van der Waals surface area contributed by atoms with E-state index in [1.165, 1.54) is 18.2 Å². The number of imidazole rings is 1. The summed E-state index contributed by atoms with van der Waals surface area (Å²) in [5, 5.41) is 15.2. The van der Waals surface area contributed by atoms with Gasteiger partial charge in [0.05, 0.1) is 22.3 Å². The smallest absolute Gasteiger partial charge is 0.345 e. The van der Waals surface area contributed by atoms with Gasteiger partial charge in [-0.15, -0.1) is 0 Å². The van der Waals surface area contributed by atoms with Crippen LogP contribution in [0, 0.1) is 6.92 Å². The number of hydrogen-bond acceptors (Lipinski definition) is 8. The van der Waals surface area contributed by atoms with Crippen molar-refractivity contribution in [2.45, 2.75) is 55.6 Å². The van der Waals surface area contributed by atoms with Crippen LogP contribution in [0.2, 0.25) is 10.0 Å². The van der Waals surface area contributed by atoms with Gasteiger partial charge in [0.1, 0.15) is 10.9 Å². The van der Waals surface area contributed by atoms with Gasteiger partial charge < -0.3 is 25.6 Å². The third-order valence-electron chi connectivity index (χ3n) is 5.48. The Balaban J connectivity index is 1.75. The monoisotopic (exact) mass is 562 g/mol. The van der Waals surface area contributed by atoms with Crippen molar-refractivity contribution in [3.05, 3.63) is 40.1 Å². The molecule has 2 unspecified atom stereocenters. The number of aromatic nitrogens is 2. The molecule has 15 heteroatoms. The number of aromatic amines is 1. The van der Waals surface area contributed by atoms with Crippen molar-refractivity contribution in [3.63, 3.8) is 0 Å². The van der Waals surface area contributed by atoms with Crippen LogP contribution in [-0.2, 0) is 24.4 Å². The Labute approximate surface area is 218 Å². The minimum absolute atomic E-state index is 0.189. The van der Waals surface area contributed by atoms with Gasteiger partial charge in [-0.3, -0.25) is 4.79 Å². The fraction of sp³-hybridized carbons (Fsp3) is 0.476. The highest BCUT2D eigenvalue weighted by molar-refractivity contribution is 7.89. The molecule has 6 N–H and O–H groups in total. The number of benzene rings is 1. The van der Waals surface area contributed by atoms with Crippen LogP contribution >= 0.6 is 23.2 Å². The Hall–Kier alpha value is -2.42. The van der Waals surface area contributed by atoms with Crippen molar-refractivity contribution in [1.82, 2.24) is 25.5 Å². The number of nitrogens with one attached hydrogen (secondary N) is 5. The predicted octanol–water partition coefficient (Wildman–Crippen LogP) is 2.17. The third-order valence-corrected chi connectivity index (χ3v) is 7.92. The molecule has 3 rings (SSSR count). The number of amides is 1. The Morgan fingerprint density at radius 3 is 2.56 bits per heavy atom. The average molecular weight is 563 g/mol. The fourth-order valence-electron chi connectivity index (χ4n) is 3.64. The molecule has 0 aliphatic carbocycles. The maximum atomic E-state index is 13.2. The van der Waals surface area contributed by atoms with Crippen LogP contribution in [-0.4, -0.2) is 60.2 Å². The van der Waals surface area contributed by atoms with Crippen molar-refractivity contribution < 1.29 is 28.0 Å². The predicted molar refractivity (Wildman–Crippen MR) is 133 cm³/mol. The minimum atomic E-state index is -4.56. The van der Waals surface area contributed by atoms with Crippen LogP contribution in [0.5, 0.6) is 0 Å². The number of carboxylic acids is 1. The number of carbonyl (C=O) groups excluding carboxylic acids is 1. The molecule has 1 amide bonds. The fourth-order valence-corrected chi connectivity index (χ4v) is 6.10. The molecule has 2 aromatic rings. The average Bonchev–Trinajstić information content (AvgIpc) is 3.47. The minimum Gasteiger partial charge on any atom is -0.478 e. The van der Waals surface area contributed by atoms with E-state index in [0.717, 1.165) is 5.69 Å². The molecule has 1 aromatic carbocycles. The van der Waals surface area contributed by atoms with Crippen molar-refractivity contribution in [2.75, 3.05) is 18.5 Å². The van der Waals surface area contributed by atoms with Gasteiger partial charge in [0, 0.05) is 12.7 Å². The maximum absolute atomic E-state index is 13.2. The summed E-state index contributed by atoms with van der Waals surface area (Å²) in [6.45, 7) is 2.66. The highest BCUT2D eigenvalue weighted by atomic mass is 35.5. The zero-order chi connectivity index (χ0) is 26.3. The zero-order valence-electron chi connectivity index (χ0n) is 19.4. The molecule has 2 heterocycles. The Morgan fingerprint density at radius 1 is 1.25 bits per heavy atom. The van der Waals surface area contributed by atoms with Gasteiger partial charge in [-0.2, -0.15) is 10.2 Å². The topological polar surface area (TPSA) is 175 Å². The van der Waals surface area contributed by atoms with Gasteiger partial charge in [0.25, 0.3) is 0 Å². The quantitative estimate of drug-likeness (QED) is 0.158. The van der Waals surface area contributed by atoms with Gasteiger partial charge in [-0.05, 0) is 44.7 Å². The van der Waals surface area contributed by atoms with E-state index in [9.17, 15) is 23.1 Å². The number of rotatable bonds is 13. The number of anilines is 1. The number of hydroxylamine groups is 1. The van der Waals surface area contributed by atoms with Crippen molar-refractivity contribution in [1.29, 1.82) is 0 Å². The summed E-state index contributed by atoms with van der Waals surface area (Å²) < 4.78 is 28.6. The number of aliphatic carboxylic acids is 1. The van der Waals surface area contributed by atoms with Gasteiger partial charge in [-0.1, -0.05) is 35.7 Å². The van der Waals surface area contributed by atoms with Crippen LogP contribution in [0.25, 0.3) is 0 Å². The van der Waals surface area contributed by atoms with E-state index in [1.54, 1.807) is 6.20 Å². The van der Waals surface area contributed by atoms with Gasteiger partial charge in [-0.25, -0.2) is 18.2 Å². The van der Waals surface area contributed by atoms with E-state index >= 15 is 0 Å². The number of sulfonamides is 1. The summed E-state index contributed by atoms with van der Waals surface area (Å²) in [6, 6.07) is 3.25. The van der Waals surface area contributed by atoms with Crippen LogP contribution in [0.4, 0.5) is 5.95 Å². The first-order valence-electron chi connectivity index (χ1n) is 11.2. The molecule has 12 nitrogen and oxygen atoms in total. The molecule has 0 radical (unpaired) electrons. The highest BCUT2D eigenvalue weighted by Crippen LogP contribution is 2.30. The molecule has 0 bridgehead atoms. The zero-order valence-corrected chi connectivity index (χ0v) is 21.8. The van der Waals surface area contributed by atoms with E-state index < -0.39 is 38.5 Å². The van der Waals surface area contributed by atoms with Crippen molar-refractivity contribution in [3.8, 4) is 0 Å². The second-order valence-corrected chi connectivity index (χ2v) is 10.7. The Morgan fingerprint density at radius 2 is 1.97 bits per heavy atom. The molecule has 1 fully saturated rings. The van der Waals surface area contributed by atoms with Crippen LogP contribution in [0.3, 0.4) is 0 Å². The summed E-state index contributed by atoms with van der Waals surface area (Å²) in [7, 11) is -4.56. The SMILES string of the molecule is Cc1c[nH]c(NCCCCCC(NC(=O)C2CCON2)(NS(=O)(=O)c2c(Cl)cccc2Cl)C(=O)O)n1.